The number of thiazole rings is 1. The van der Waals surface area contributed by atoms with Crippen molar-refractivity contribution in [1.82, 2.24) is 14.4 Å². The summed E-state index contributed by atoms with van der Waals surface area (Å²) in [6, 6.07) is 7.01. The van der Waals surface area contributed by atoms with E-state index >= 15 is 0 Å². The fourth-order valence-corrected chi connectivity index (χ4v) is 3.91. The van der Waals surface area contributed by atoms with Gasteiger partial charge in [0.25, 0.3) is 0 Å². The topological polar surface area (TPSA) is 56.5 Å². The van der Waals surface area contributed by atoms with Crippen LogP contribution in [-0.4, -0.2) is 20.2 Å². The van der Waals surface area contributed by atoms with Gasteiger partial charge in [0.1, 0.15) is 28.9 Å². The molecule has 0 radical (unpaired) electrons. The molecule has 4 aromatic rings. The third-order valence-electron chi connectivity index (χ3n) is 4.47. The van der Waals surface area contributed by atoms with Crippen molar-refractivity contribution in [2.24, 2.45) is 0 Å². The van der Waals surface area contributed by atoms with Crippen LogP contribution in [0, 0.1) is 25.5 Å². The minimum absolute atomic E-state index is 0.110. The first-order chi connectivity index (χ1) is 13.9. The average Bonchev–Trinajstić information content (AvgIpc) is 3.23. The van der Waals surface area contributed by atoms with Crippen LogP contribution in [-0.2, 0) is 13.0 Å². The summed E-state index contributed by atoms with van der Waals surface area (Å²) in [7, 11) is 0. The Labute approximate surface area is 169 Å². The first-order valence-electron chi connectivity index (χ1n) is 8.92. The molecule has 0 fully saturated rings. The van der Waals surface area contributed by atoms with E-state index < -0.39 is 11.6 Å². The molecular weight excluding hydrogens is 396 g/mol. The molecule has 0 N–H and O–H groups in total. The largest absolute Gasteiger partial charge is 0.485 e. The Morgan fingerprint density at radius 2 is 1.93 bits per heavy atom. The summed E-state index contributed by atoms with van der Waals surface area (Å²) in [5.41, 5.74) is 1.25. The van der Waals surface area contributed by atoms with Gasteiger partial charge in [-0.05, 0) is 38.1 Å². The number of hydrogen-bond acceptors (Lipinski definition) is 5. The van der Waals surface area contributed by atoms with E-state index in [-0.39, 0.29) is 24.4 Å². The minimum Gasteiger partial charge on any atom is -0.485 e. The average molecular weight is 413 g/mol. The van der Waals surface area contributed by atoms with Crippen molar-refractivity contribution in [2.75, 3.05) is 0 Å². The number of benzene rings is 1. The predicted octanol–water partition coefficient (Wildman–Crippen LogP) is 4.69. The molecule has 0 aliphatic carbocycles. The molecule has 0 unspecified atom stereocenters. The van der Waals surface area contributed by atoms with Crippen LogP contribution >= 0.6 is 11.3 Å². The van der Waals surface area contributed by atoms with Crippen LogP contribution in [0.1, 0.15) is 31.6 Å². The summed E-state index contributed by atoms with van der Waals surface area (Å²) < 4.78 is 35.0. The van der Waals surface area contributed by atoms with Gasteiger partial charge in [0, 0.05) is 17.3 Å². The van der Waals surface area contributed by atoms with Crippen LogP contribution in [0.2, 0.25) is 0 Å². The van der Waals surface area contributed by atoms with Gasteiger partial charge in [-0.15, -0.1) is 11.3 Å². The molecule has 0 bridgehead atoms. The summed E-state index contributed by atoms with van der Waals surface area (Å²) in [6.45, 7) is 3.40. The number of aromatic nitrogens is 3. The van der Waals surface area contributed by atoms with Crippen molar-refractivity contribution in [1.29, 1.82) is 0 Å². The maximum absolute atomic E-state index is 13.9. The van der Waals surface area contributed by atoms with Crippen LogP contribution in [0.4, 0.5) is 8.78 Å². The van der Waals surface area contributed by atoms with Crippen molar-refractivity contribution >= 4 is 22.8 Å². The fraction of sp³-hybridized carbons (Fsp3) is 0.190. The Morgan fingerprint density at radius 1 is 1.17 bits per heavy atom. The molecule has 5 nitrogen and oxygen atoms in total. The predicted molar refractivity (Wildman–Crippen MR) is 106 cm³/mol. The second-order valence-electron chi connectivity index (χ2n) is 6.57. The van der Waals surface area contributed by atoms with Gasteiger partial charge in [0.05, 0.1) is 17.7 Å². The molecule has 0 saturated heterocycles. The van der Waals surface area contributed by atoms with Crippen molar-refractivity contribution in [2.45, 2.75) is 26.9 Å². The number of fused-ring (bicyclic) bond motifs is 1. The first kappa shape index (κ1) is 19.2. The lowest BCUT2D eigenvalue weighted by atomic mass is 10.2. The Balaban J connectivity index is 1.64. The Hall–Kier alpha value is -3.13. The quantitative estimate of drug-likeness (QED) is 0.430. The normalized spacial score (nSPS) is 11.2. The molecule has 148 valence electrons. The van der Waals surface area contributed by atoms with Gasteiger partial charge in [-0.25, -0.2) is 18.7 Å². The summed E-state index contributed by atoms with van der Waals surface area (Å²) >= 11 is 1.48. The summed E-state index contributed by atoms with van der Waals surface area (Å²) in [6.07, 6.45) is 3.63. The van der Waals surface area contributed by atoms with E-state index in [9.17, 15) is 13.6 Å². The van der Waals surface area contributed by atoms with Gasteiger partial charge in [-0.3, -0.25) is 9.20 Å². The SMILES string of the molecule is Cc1cnc(CC(=O)c2c(C)nc3c(OCc4c(F)cccc4F)cccn23)s1. The number of Topliss-reactive ketones (excluding diaryl/α,β-unsaturated/α-hetero) is 1. The highest BCUT2D eigenvalue weighted by Crippen LogP contribution is 2.25. The molecule has 0 amide bonds. The standard InChI is InChI=1S/C21H17F2N3O2S/c1-12-10-24-19(29-12)9-17(27)20-13(2)25-21-18(7-4-8-26(20)21)28-11-14-15(22)5-3-6-16(14)23/h3-8,10H,9,11H2,1-2H3. The molecule has 3 aromatic heterocycles. The van der Waals surface area contributed by atoms with E-state index in [1.54, 1.807) is 35.9 Å². The van der Waals surface area contributed by atoms with E-state index in [1.165, 1.54) is 29.5 Å². The smallest absolute Gasteiger partial charge is 0.188 e. The molecule has 0 saturated carbocycles. The number of hydrogen-bond donors (Lipinski definition) is 0. The molecule has 0 atom stereocenters. The highest BCUT2D eigenvalue weighted by atomic mass is 32.1. The number of ether oxygens (including phenoxy) is 1. The van der Waals surface area contributed by atoms with Crippen molar-refractivity contribution in [3.05, 3.63) is 81.2 Å². The van der Waals surface area contributed by atoms with E-state index in [0.717, 1.165) is 9.88 Å². The van der Waals surface area contributed by atoms with Crippen LogP contribution in [0.25, 0.3) is 5.65 Å². The van der Waals surface area contributed by atoms with Crippen LogP contribution < -0.4 is 4.74 Å². The maximum atomic E-state index is 13.9. The summed E-state index contributed by atoms with van der Waals surface area (Å²) in [5, 5.41) is 0.740. The van der Waals surface area contributed by atoms with E-state index in [0.29, 0.717) is 22.8 Å². The zero-order valence-corrected chi connectivity index (χ0v) is 16.6. The van der Waals surface area contributed by atoms with Gasteiger partial charge < -0.3 is 4.74 Å². The fourth-order valence-electron chi connectivity index (χ4n) is 3.13. The van der Waals surface area contributed by atoms with Crippen molar-refractivity contribution < 1.29 is 18.3 Å². The zero-order valence-electron chi connectivity index (χ0n) is 15.8. The number of nitrogens with zero attached hydrogens (tertiary/aromatic N) is 3. The van der Waals surface area contributed by atoms with Crippen molar-refractivity contribution in [3.63, 3.8) is 0 Å². The second kappa shape index (κ2) is 7.71. The molecule has 0 spiro atoms. The molecule has 0 aliphatic rings. The highest BCUT2D eigenvalue weighted by Gasteiger charge is 2.20. The van der Waals surface area contributed by atoms with Gasteiger partial charge in [0.2, 0.25) is 0 Å². The maximum Gasteiger partial charge on any atom is 0.188 e. The Morgan fingerprint density at radius 3 is 2.62 bits per heavy atom. The summed E-state index contributed by atoms with van der Waals surface area (Å²) in [5.74, 6) is -1.12. The minimum atomic E-state index is -0.675. The highest BCUT2D eigenvalue weighted by molar-refractivity contribution is 7.11. The molecule has 4 rings (SSSR count). The van der Waals surface area contributed by atoms with E-state index in [4.69, 9.17) is 4.74 Å². The van der Waals surface area contributed by atoms with E-state index in [1.807, 2.05) is 6.92 Å². The number of halogens is 2. The number of imidazole rings is 1. The summed E-state index contributed by atoms with van der Waals surface area (Å²) in [4.78, 5) is 22.6. The second-order valence-corrected chi connectivity index (χ2v) is 7.88. The number of pyridine rings is 1. The van der Waals surface area contributed by atoms with Gasteiger partial charge in [0.15, 0.2) is 17.2 Å². The van der Waals surface area contributed by atoms with E-state index in [2.05, 4.69) is 9.97 Å². The molecule has 1 aromatic carbocycles. The molecule has 0 aliphatic heterocycles. The number of ketones is 1. The van der Waals surface area contributed by atoms with Gasteiger partial charge in [-0.1, -0.05) is 6.07 Å². The zero-order chi connectivity index (χ0) is 20.5. The van der Waals surface area contributed by atoms with Gasteiger partial charge in [-0.2, -0.15) is 0 Å². The third kappa shape index (κ3) is 3.75. The van der Waals surface area contributed by atoms with Crippen molar-refractivity contribution in [3.8, 4) is 5.75 Å². The monoisotopic (exact) mass is 413 g/mol. The number of carbonyl (C=O) groups is 1. The lowest BCUT2D eigenvalue weighted by Crippen LogP contribution is -2.09. The molecule has 3 heterocycles. The van der Waals surface area contributed by atoms with Crippen LogP contribution in [0.15, 0.2) is 42.7 Å². The number of carbonyl (C=O) groups excluding carboxylic acids is 1. The number of rotatable bonds is 6. The molecule has 8 heteroatoms. The van der Waals surface area contributed by atoms with Crippen LogP contribution in [0.5, 0.6) is 5.75 Å². The number of aryl methyl sites for hydroxylation is 2. The first-order valence-corrected chi connectivity index (χ1v) is 9.73. The third-order valence-corrected chi connectivity index (χ3v) is 5.38. The lowest BCUT2D eigenvalue weighted by molar-refractivity contribution is 0.0986. The Kier molecular flexibility index (Phi) is 5.10. The Bertz CT molecular complexity index is 1200. The van der Waals surface area contributed by atoms with Gasteiger partial charge >= 0.3 is 0 Å². The van der Waals surface area contributed by atoms with Crippen LogP contribution in [0.3, 0.4) is 0 Å². The lowest BCUT2D eigenvalue weighted by Gasteiger charge is -2.09. The molecular formula is C21H17F2N3O2S. The molecule has 29 heavy (non-hydrogen) atoms.